The molecule has 0 saturated heterocycles. The largest absolute Gasteiger partial charge is 1.00 e. The molecule has 6 rings (SSSR count). The van der Waals surface area contributed by atoms with Crippen LogP contribution in [0.2, 0.25) is 13.1 Å². The van der Waals surface area contributed by atoms with Crippen LogP contribution in [0.5, 0.6) is 0 Å². The summed E-state index contributed by atoms with van der Waals surface area (Å²) in [6.45, 7) is 5.17. The first kappa shape index (κ1) is 23.7. The normalized spacial score (nSPS) is 17.3. The topological polar surface area (TPSA) is 0 Å². The van der Waals surface area contributed by atoms with Crippen molar-refractivity contribution in [3.8, 4) is 0 Å². The van der Waals surface area contributed by atoms with Gasteiger partial charge in [0.1, 0.15) is 0 Å². The maximum absolute atomic E-state index is 2.58. The molecule has 4 aromatic rings. The molecule has 0 aromatic heterocycles. The average molecular weight is 551 g/mol. The molecule has 0 amide bonds. The molecule has 0 spiro atoms. The SMILES string of the molecule is C[Si](C)=[Zr+2]([C@@H]1C=Cc2c1ccc1ccccc21)[C@H]1C=Cc2c1ccc1ccccc21.[Cl-].[Cl-]. The van der Waals surface area contributed by atoms with Crippen molar-refractivity contribution >= 4 is 39.1 Å². The van der Waals surface area contributed by atoms with Crippen molar-refractivity contribution in [2.45, 2.75) is 20.3 Å². The zero-order chi connectivity index (χ0) is 20.2. The number of halogens is 2. The smallest absolute Gasteiger partial charge is 1.00 e. The van der Waals surface area contributed by atoms with Gasteiger partial charge in [0, 0.05) is 0 Å². The Kier molecular flexibility index (Phi) is 6.99. The fourth-order valence-electron chi connectivity index (χ4n) is 5.49. The second-order valence-corrected chi connectivity index (χ2v) is 26.8. The second-order valence-electron chi connectivity index (χ2n) is 8.71. The number of hydrogen-bond donors (Lipinski definition) is 0. The zero-order valence-electron chi connectivity index (χ0n) is 18.1. The fourth-order valence-corrected chi connectivity index (χ4v) is 24.2. The second kappa shape index (κ2) is 9.43. The predicted octanol–water partition coefficient (Wildman–Crippen LogP) is 1.71. The van der Waals surface area contributed by atoms with E-state index in [0.29, 0.717) is 7.25 Å². The van der Waals surface area contributed by atoms with Gasteiger partial charge in [-0.3, -0.25) is 0 Å². The molecule has 2 aliphatic carbocycles. The molecule has 32 heavy (non-hydrogen) atoms. The molecular weight excluding hydrogens is 527 g/mol. The van der Waals surface area contributed by atoms with Gasteiger partial charge in [0.05, 0.1) is 0 Å². The van der Waals surface area contributed by atoms with Crippen LogP contribution in [0.15, 0.2) is 84.9 Å². The molecule has 0 radical (unpaired) electrons. The van der Waals surface area contributed by atoms with Crippen LogP contribution >= 0.6 is 0 Å². The minimum absolute atomic E-state index is 0. The zero-order valence-corrected chi connectivity index (χ0v) is 23.1. The summed E-state index contributed by atoms with van der Waals surface area (Å²) in [7, 11) is 0. The monoisotopic (exact) mass is 548 g/mol. The minimum Gasteiger partial charge on any atom is -1.00 e. The van der Waals surface area contributed by atoms with E-state index in [1.807, 2.05) is 0 Å². The summed E-state index contributed by atoms with van der Waals surface area (Å²) in [6, 6.07) is 27.3. The Labute approximate surface area is 210 Å². The summed E-state index contributed by atoms with van der Waals surface area (Å²) in [4.78, 5) is 0. The van der Waals surface area contributed by atoms with Crippen LogP contribution in [0.4, 0.5) is 0 Å². The molecular formula is C28H24Cl2SiZr. The van der Waals surface area contributed by atoms with Crippen LogP contribution < -0.4 is 24.8 Å². The summed E-state index contributed by atoms with van der Waals surface area (Å²) >= 11 is -1.85. The summed E-state index contributed by atoms with van der Waals surface area (Å²) in [5, 5.41) is 5.57. The van der Waals surface area contributed by atoms with E-state index in [1.54, 1.807) is 11.1 Å². The molecule has 2 atom stereocenters. The van der Waals surface area contributed by atoms with E-state index in [1.165, 1.54) is 32.7 Å². The number of hydrogen-bond acceptors (Lipinski definition) is 0. The van der Waals surface area contributed by atoms with Gasteiger partial charge < -0.3 is 24.8 Å². The van der Waals surface area contributed by atoms with Gasteiger partial charge in [0.15, 0.2) is 0 Å². The quantitative estimate of drug-likeness (QED) is 0.334. The van der Waals surface area contributed by atoms with Crippen molar-refractivity contribution in [3.63, 3.8) is 0 Å². The maximum atomic E-state index is 2.58. The molecule has 2 aliphatic rings. The van der Waals surface area contributed by atoms with Crippen LogP contribution in [-0.4, -0.2) is 5.43 Å². The average Bonchev–Trinajstić information content (AvgIpc) is 3.39. The van der Waals surface area contributed by atoms with E-state index in [-0.39, 0.29) is 30.2 Å². The molecule has 0 heterocycles. The third kappa shape index (κ3) is 3.70. The molecule has 0 N–H and O–H groups in total. The summed E-state index contributed by atoms with van der Waals surface area (Å²) in [5.41, 5.74) is 5.86. The van der Waals surface area contributed by atoms with Crippen LogP contribution in [0.25, 0.3) is 33.7 Å². The summed E-state index contributed by atoms with van der Waals surface area (Å²) in [5.74, 6) is 0. The molecule has 4 heteroatoms. The van der Waals surface area contributed by atoms with Gasteiger partial charge in [-0.2, -0.15) is 0 Å². The first-order chi connectivity index (χ1) is 14.7. The number of allylic oxidation sites excluding steroid dienone is 2. The van der Waals surface area contributed by atoms with Crippen molar-refractivity contribution in [1.82, 2.24) is 0 Å². The molecule has 4 aromatic carbocycles. The van der Waals surface area contributed by atoms with E-state index in [4.69, 9.17) is 0 Å². The van der Waals surface area contributed by atoms with Crippen molar-refractivity contribution in [1.29, 1.82) is 0 Å². The first-order valence-corrected chi connectivity index (χ1v) is 19.8. The van der Waals surface area contributed by atoms with Crippen LogP contribution in [0, 0.1) is 0 Å². The third-order valence-electron chi connectivity index (χ3n) is 6.84. The van der Waals surface area contributed by atoms with Crippen molar-refractivity contribution in [2.24, 2.45) is 0 Å². The number of benzene rings is 4. The summed E-state index contributed by atoms with van der Waals surface area (Å²) < 4.78 is 1.39. The molecule has 158 valence electrons. The Hall–Kier alpha value is -1.44. The van der Waals surface area contributed by atoms with E-state index in [0.717, 1.165) is 0 Å². The van der Waals surface area contributed by atoms with Gasteiger partial charge in [-0.05, 0) is 0 Å². The van der Waals surface area contributed by atoms with E-state index >= 15 is 0 Å². The standard InChI is InChI=1S/2C13H9.C2H6Si.2ClH.Zr/c2*1-2-6-12-10(4-1)8-9-11-5-3-7-13(11)12;1-3-2;;;/h2*1-9H;1-2H3;2*1H;/q;;;;;+2/p-2. The van der Waals surface area contributed by atoms with Gasteiger partial charge in [0.2, 0.25) is 0 Å². The van der Waals surface area contributed by atoms with Crippen LogP contribution in [0.1, 0.15) is 29.5 Å². The molecule has 0 aliphatic heterocycles. The van der Waals surface area contributed by atoms with Crippen molar-refractivity contribution < 1.29 is 45.2 Å². The van der Waals surface area contributed by atoms with Gasteiger partial charge in [-0.15, -0.1) is 0 Å². The maximum Gasteiger partial charge on any atom is -1.00 e. The minimum atomic E-state index is -1.85. The van der Waals surface area contributed by atoms with E-state index < -0.39 is 20.4 Å². The van der Waals surface area contributed by atoms with Gasteiger partial charge in [0.25, 0.3) is 0 Å². The Morgan fingerprint density at radius 1 is 0.594 bits per heavy atom. The fraction of sp³-hybridized carbons (Fsp3) is 0.143. The molecule has 0 nitrogen and oxygen atoms in total. The third-order valence-corrected chi connectivity index (χ3v) is 26.0. The molecule has 0 fully saturated rings. The van der Waals surface area contributed by atoms with Crippen LogP contribution in [0.3, 0.4) is 0 Å². The number of fused-ring (bicyclic) bond motifs is 6. The van der Waals surface area contributed by atoms with E-state index in [9.17, 15) is 0 Å². The Morgan fingerprint density at radius 3 is 1.47 bits per heavy atom. The first-order valence-electron chi connectivity index (χ1n) is 10.8. The van der Waals surface area contributed by atoms with Crippen molar-refractivity contribution in [3.05, 3.63) is 107 Å². The Bertz CT molecular complexity index is 1330. The van der Waals surface area contributed by atoms with Gasteiger partial charge in [-0.25, -0.2) is 0 Å². The van der Waals surface area contributed by atoms with Gasteiger partial charge >= 0.3 is 187 Å². The van der Waals surface area contributed by atoms with E-state index in [2.05, 4.69) is 110 Å². The van der Waals surface area contributed by atoms with Crippen LogP contribution in [-0.2, 0) is 20.4 Å². The Morgan fingerprint density at radius 2 is 1.03 bits per heavy atom. The number of rotatable bonds is 2. The molecule has 0 unspecified atom stereocenters. The summed E-state index contributed by atoms with van der Waals surface area (Å²) in [6.07, 6.45) is 10.0. The Balaban J connectivity index is 0.00000122. The van der Waals surface area contributed by atoms with Crippen molar-refractivity contribution in [2.75, 3.05) is 0 Å². The van der Waals surface area contributed by atoms with Gasteiger partial charge in [-0.1, -0.05) is 0 Å². The predicted molar refractivity (Wildman–Crippen MR) is 129 cm³/mol. The molecule has 0 saturated carbocycles. The molecule has 0 bridgehead atoms.